The van der Waals surface area contributed by atoms with Crippen molar-refractivity contribution in [3.63, 3.8) is 0 Å². The number of carbonyl (C=O) groups is 7. The summed E-state index contributed by atoms with van der Waals surface area (Å²) in [7, 11) is -10.9. The second kappa shape index (κ2) is 32.4. The molecule has 2 aromatic heterocycles. The molecule has 0 saturated heterocycles. The van der Waals surface area contributed by atoms with Gasteiger partial charge in [0.2, 0.25) is 19.7 Å². The Bertz CT molecular complexity index is 3000. The maximum atomic E-state index is 12.9. The Morgan fingerprint density at radius 2 is 0.986 bits per heavy atom. The summed E-state index contributed by atoms with van der Waals surface area (Å²) in [6, 6.07) is 19.5. The summed E-state index contributed by atoms with van der Waals surface area (Å²) in [5, 5.41) is 34.6. The number of benzene rings is 3. The fourth-order valence-corrected chi connectivity index (χ4v) is 10.8. The molecule has 0 atom stereocenters. The van der Waals surface area contributed by atoms with Crippen LogP contribution in [0.4, 0.5) is 0 Å². The number of carboxylic acid groups (broad SMARTS) is 4. The van der Waals surface area contributed by atoms with E-state index in [1.807, 2.05) is 20.8 Å². The van der Waals surface area contributed by atoms with Gasteiger partial charge in [0.15, 0.2) is 16.1 Å². The zero-order valence-electron chi connectivity index (χ0n) is 41.5. The van der Waals surface area contributed by atoms with E-state index in [4.69, 9.17) is 31.0 Å². The normalized spacial score (nSPS) is 10.5. The molecule has 0 unspecified atom stereocenters. The Morgan fingerprint density at radius 1 is 0.603 bits per heavy atom. The first-order valence-electron chi connectivity index (χ1n) is 21.2. The molecule has 0 aliphatic carbocycles. The van der Waals surface area contributed by atoms with Crippen molar-refractivity contribution in [2.45, 2.75) is 111 Å². The summed E-state index contributed by atoms with van der Waals surface area (Å²) < 4.78 is 74.3. The molecule has 5 aromatic rings. The molecule has 0 aliphatic heterocycles. The summed E-state index contributed by atoms with van der Waals surface area (Å²) in [6.45, 7) is 11.0. The molecule has 0 amide bonds. The van der Waals surface area contributed by atoms with Crippen molar-refractivity contribution < 1.29 is 109 Å². The molecule has 2 heterocycles. The molecule has 20 nitrogen and oxygen atoms in total. The van der Waals surface area contributed by atoms with Gasteiger partial charge in [-0.05, 0) is 103 Å². The third-order valence-electron chi connectivity index (χ3n) is 9.49. The summed E-state index contributed by atoms with van der Waals surface area (Å²) >= 11 is 0. The number of hydrogen-bond donors (Lipinski definition) is 6. The predicted octanol–water partition coefficient (Wildman–Crippen LogP) is 1.69. The van der Waals surface area contributed by atoms with E-state index >= 15 is 0 Å². The van der Waals surface area contributed by atoms with E-state index < -0.39 is 59.1 Å². The Morgan fingerprint density at radius 3 is 1.36 bits per heavy atom. The standard InChI is InChI=1S/C16H17NO5S.C15H17NO4S.C10H12O3S.C5H9NO3.C2H4O2.ClH.Na/c1-10-3-5-12(6-4-10)23(21,22)16-11(2)17-14(9-18)13(16)7-8-15(19)20;1-10-3-6-13(7-4-10)21(19,20)15-11(2)16-9-12(15)5-8-14(17)18;1-8-3-5-10(6-4-8)14(12,13)7-9(2)11;6-3-4(7)1-2-5(8)9;1-2(3)4;;/h3-6,9,17H,7-8H2,1-2H3,(H,19,20);3-4,6-7,9,16H,5,8H2,1-2H3,(H,17,18);3-6H,7H2,1-2H3;1-3,6H2,(H,8,9);1H3,(H,3,4);1H;/q;;;;;;+1/p-1. The zero-order chi connectivity index (χ0) is 54.4. The Hall–Kier alpha value is -5.79. The van der Waals surface area contributed by atoms with Crippen LogP contribution in [0.3, 0.4) is 0 Å². The van der Waals surface area contributed by atoms with E-state index in [2.05, 4.69) is 9.97 Å². The third-order valence-corrected chi connectivity index (χ3v) is 15.2. The monoisotopic (exact) mass is 1100 g/mol. The Labute approximate surface area is 452 Å². The van der Waals surface area contributed by atoms with Crippen LogP contribution in [0.2, 0.25) is 0 Å². The van der Waals surface area contributed by atoms with Crippen molar-refractivity contribution in [2.24, 2.45) is 5.73 Å². The molecule has 25 heteroatoms. The van der Waals surface area contributed by atoms with Gasteiger partial charge in [-0.1, -0.05) is 53.1 Å². The number of nitrogens with two attached hydrogens (primary N) is 1. The number of aliphatic carboxylic acids is 4. The average Bonchev–Trinajstić information content (AvgIpc) is 3.83. The van der Waals surface area contributed by atoms with Crippen LogP contribution in [0.15, 0.2) is 103 Å². The number of nitrogens with one attached hydrogen (secondary N) is 2. The molecule has 0 bridgehead atoms. The summed E-state index contributed by atoms with van der Waals surface area (Å²) in [5.41, 5.74) is 9.50. The van der Waals surface area contributed by atoms with Gasteiger partial charge >= 0.3 is 47.5 Å². The molecule has 0 fully saturated rings. The van der Waals surface area contributed by atoms with E-state index in [1.54, 1.807) is 68.6 Å². The molecular weight excluding hydrogens is 1050 g/mol. The van der Waals surface area contributed by atoms with Gasteiger partial charge in [0, 0.05) is 48.4 Å². The van der Waals surface area contributed by atoms with Crippen molar-refractivity contribution in [3.8, 4) is 0 Å². The van der Waals surface area contributed by atoms with Gasteiger partial charge < -0.3 is 40.9 Å². The van der Waals surface area contributed by atoms with Crippen LogP contribution in [-0.2, 0) is 71.1 Å². The van der Waals surface area contributed by atoms with E-state index in [9.17, 15) is 54.0 Å². The summed E-state index contributed by atoms with van der Waals surface area (Å²) in [6.07, 6.45) is 1.80. The molecule has 5 rings (SSSR count). The molecule has 0 saturated carbocycles. The van der Waals surface area contributed by atoms with Crippen molar-refractivity contribution >= 4 is 83.6 Å². The molecule has 394 valence electrons. The number of halogens is 1. The molecule has 73 heavy (non-hydrogen) atoms. The van der Waals surface area contributed by atoms with Crippen LogP contribution in [0.1, 0.15) is 89.2 Å². The number of H-pyrrole nitrogens is 2. The topological polar surface area (TPSA) is 363 Å². The van der Waals surface area contributed by atoms with E-state index in [1.165, 1.54) is 31.2 Å². The van der Waals surface area contributed by atoms with Gasteiger partial charge in [-0.15, -0.1) is 12.4 Å². The number of aryl methyl sites for hydroxylation is 6. The minimum Gasteiger partial charge on any atom is -0.550 e. The maximum Gasteiger partial charge on any atom is 1.00 e. The Balaban J connectivity index is 0. The SMILES string of the molecule is CC(=O)CS(=O)(=O)c1ccc(C)cc1.CC(=O)[O-].Cc1ccc(S(=O)(=O)c2c(C)[nH]c(C=O)c2CCC(=O)O)cc1.Cc1ccc(S(=O)(=O)c2c(CCC(=O)O)c[nH]c2C)cc1.Cl.NCC(=O)CCC(=O)O.[Na+]. The van der Waals surface area contributed by atoms with Gasteiger partial charge in [-0.3, -0.25) is 28.8 Å². The van der Waals surface area contributed by atoms with E-state index in [0.717, 1.165) is 23.6 Å². The van der Waals surface area contributed by atoms with Gasteiger partial charge in [0.05, 0.1) is 43.1 Å². The number of rotatable bonds is 18. The minimum atomic E-state index is -3.84. The third kappa shape index (κ3) is 23.7. The number of ketones is 2. The Kier molecular flexibility index (Phi) is 30.8. The van der Waals surface area contributed by atoms with Crippen molar-refractivity contribution in [3.05, 3.63) is 124 Å². The van der Waals surface area contributed by atoms with Crippen molar-refractivity contribution in [2.75, 3.05) is 12.3 Å². The summed E-state index contributed by atoms with van der Waals surface area (Å²) in [5.74, 6) is -5.03. The number of carbonyl (C=O) groups excluding carboxylic acids is 4. The largest absolute Gasteiger partial charge is 1.00 e. The number of hydrogen-bond acceptors (Lipinski definition) is 15. The van der Waals surface area contributed by atoms with Crippen LogP contribution in [0.5, 0.6) is 0 Å². The van der Waals surface area contributed by atoms with Crippen LogP contribution in [-0.4, -0.2) is 105 Å². The predicted molar refractivity (Wildman–Crippen MR) is 264 cm³/mol. The maximum absolute atomic E-state index is 12.9. The minimum absolute atomic E-state index is 0. The molecule has 7 N–H and O–H groups in total. The van der Waals surface area contributed by atoms with Gasteiger partial charge in [-0.2, -0.15) is 0 Å². The molecule has 0 aliphatic rings. The number of aromatic nitrogens is 2. The first-order chi connectivity index (χ1) is 32.9. The first kappa shape index (κ1) is 69.3. The zero-order valence-corrected chi connectivity index (χ0v) is 46.8. The molecule has 3 aromatic carbocycles. The number of sulfone groups is 3. The number of Topliss-reactive ketones (excluding diaryl/α,β-unsaturated/α-hetero) is 2. The van der Waals surface area contributed by atoms with Gasteiger partial charge in [0.1, 0.15) is 17.3 Å². The molecule has 0 spiro atoms. The number of carboxylic acids is 4. The summed E-state index contributed by atoms with van der Waals surface area (Å²) in [4.78, 5) is 78.7. The number of aldehydes is 1. The van der Waals surface area contributed by atoms with Crippen LogP contribution in [0, 0.1) is 34.6 Å². The van der Waals surface area contributed by atoms with Crippen LogP contribution in [0.25, 0.3) is 0 Å². The van der Waals surface area contributed by atoms with Crippen LogP contribution < -0.4 is 40.4 Å². The van der Waals surface area contributed by atoms with Crippen LogP contribution >= 0.6 is 12.4 Å². The number of aromatic amines is 2. The molecular formula is C48H59ClN3NaO17S3. The second-order valence-electron chi connectivity index (χ2n) is 15.7. The quantitative estimate of drug-likeness (QED) is 0.0537. The van der Waals surface area contributed by atoms with Gasteiger partial charge in [0.25, 0.3) is 0 Å². The first-order valence-corrected chi connectivity index (χ1v) is 25.8. The van der Waals surface area contributed by atoms with Gasteiger partial charge in [-0.25, -0.2) is 25.3 Å². The average molecular weight is 1100 g/mol. The fourth-order valence-electron chi connectivity index (χ4n) is 6.11. The van der Waals surface area contributed by atoms with E-state index in [-0.39, 0.29) is 134 Å². The van der Waals surface area contributed by atoms with Crippen molar-refractivity contribution in [1.29, 1.82) is 0 Å². The molecule has 0 radical (unpaired) electrons. The van der Waals surface area contributed by atoms with Crippen molar-refractivity contribution in [1.82, 2.24) is 9.97 Å². The van der Waals surface area contributed by atoms with E-state index in [0.29, 0.717) is 23.2 Å². The smallest absolute Gasteiger partial charge is 0.550 e. The second-order valence-corrected chi connectivity index (χ2v) is 21.4. The fraction of sp³-hybridized carbons (Fsp3) is 0.312.